The lowest BCUT2D eigenvalue weighted by molar-refractivity contribution is -0.137. The summed E-state index contributed by atoms with van der Waals surface area (Å²) in [5.74, 6) is 0. The summed E-state index contributed by atoms with van der Waals surface area (Å²) in [6, 6.07) is 6.02. The zero-order valence-electron chi connectivity index (χ0n) is 11.4. The van der Waals surface area contributed by atoms with E-state index in [4.69, 9.17) is 0 Å². The van der Waals surface area contributed by atoms with Gasteiger partial charge in [-0.15, -0.1) is 0 Å². The summed E-state index contributed by atoms with van der Waals surface area (Å²) in [6.07, 6.45) is 1.72. The molecule has 2 heterocycles. The number of rotatable bonds is 1. The Morgan fingerprint density at radius 3 is 2.71 bits per heavy atom. The van der Waals surface area contributed by atoms with E-state index in [0.717, 1.165) is 37.0 Å². The van der Waals surface area contributed by atoms with E-state index in [0.29, 0.717) is 11.6 Å². The molecule has 21 heavy (non-hydrogen) atoms. The quantitative estimate of drug-likeness (QED) is 0.852. The molecule has 1 saturated heterocycles. The van der Waals surface area contributed by atoms with Gasteiger partial charge in [-0.05, 0) is 42.5 Å². The van der Waals surface area contributed by atoms with Crippen LogP contribution in [0.25, 0.3) is 5.57 Å². The third kappa shape index (κ3) is 2.81. The number of hydrogen-bond acceptors (Lipinski definition) is 2. The minimum Gasteiger partial charge on any atom is -0.307 e. The first kappa shape index (κ1) is 14.2. The van der Waals surface area contributed by atoms with Crippen molar-refractivity contribution in [3.05, 3.63) is 41.0 Å². The summed E-state index contributed by atoms with van der Waals surface area (Å²) < 4.78 is 38.2. The van der Waals surface area contributed by atoms with Gasteiger partial charge in [0.1, 0.15) is 0 Å². The van der Waals surface area contributed by atoms with Crippen LogP contribution in [-0.4, -0.2) is 12.1 Å². The highest BCUT2D eigenvalue weighted by molar-refractivity contribution is 5.72. The van der Waals surface area contributed by atoms with E-state index in [1.807, 2.05) is 6.07 Å². The minimum atomic E-state index is -4.41. The highest BCUT2D eigenvalue weighted by Crippen LogP contribution is 2.35. The van der Waals surface area contributed by atoms with Crippen LogP contribution in [-0.2, 0) is 6.18 Å². The summed E-state index contributed by atoms with van der Waals surface area (Å²) in [6.45, 7) is 0. The molecule has 1 aromatic rings. The van der Waals surface area contributed by atoms with Crippen molar-refractivity contribution in [2.75, 3.05) is 0 Å². The normalized spacial score (nSPS) is 25.1. The van der Waals surface area contributed by atoms with Crippen molar-refractivity contribution in [3.8, 4) is 6.07 Å². The molecule has 2 aliphatic heterocycles. The molecule has 0 spiro atoms. The fourth-order valence-electron chi connectivity index (χ4n) is 3.22. The standard InChI is InChI=1S/C16H15F3N2/c17-16(18,19)12-4-5-15(11(6-12)9-20)10-7-13-2-1-3-14(8-10)21-13/h4-7,13-14,21H,1-3,8H2. The van der Waals surface area contributed by atoms with Crippen molar-refractivity contribution in [2.24, 2.45) is 0 Å². The van der Waals surface area contributed by atoms with Gasteiger partial charge in [-0.3, -0.25) is 0 Å². The number of fused-ring (bicyclic) bond motifs is 2. The zero-order valence-corrected chi connectivity index (χ0v) is 11.4. The monoisotopic (exact) mass is 292 g/mol. The second-order valence-corrected chi connectivity index (χ2v) is 5.67. The first-order valence-electron chi connectivity index (χ1n) is 7.06. The molecular weight excluding hydrogens is 277 g/mol. The van der Waals surface area contributed by atoms with Gasteiger partial charge in [0, 0.05) is 12.1 Å². The van der Waals surface area contributed by atoms with Crippen LogP contribution in [0.15, 0.2) is 24.3 Å². The van der Waals surface area contributed by atoms with Crippen LogP contribution >= 0.6 is 0 Å². The Morgan fingerprint density at radius 2 is 2.05 bits per heavy atom. The van der Waals surface area contributed by atoms with Gasteiger partial charge >= 0.3 is 6.18 Å². The van der Waals surface area contributed by atoms with Crippen molar-refractivity contribution in [1.29, 1.82) is 5.26 Å². The van der Waals surface area contributed by atoms with Gasteiger partial charge in [0.25, 0.3) is 0 Å². The van der Waals surface area contributed by atoms with Gasteiger partial charge in [0.15, 0.2) is 0 Å². The molecule has 1 fully saturated rings. The van der Waals surface area contributed by atoms with Crippen molar-refractivity contribution in [1.82, 2.24) is 5.32 Å². The van der Waals surface area contributed by atoms with Crippen molar-refractivity contribution >= 4 is 5.57 Å². The first-order valence-corrected chi connectivity index (χ1v) is 7.06. The van der Waals surface area contributed by atoms with E-state index in [1.54, 1.807) is 0 Å². The molecule has 0 aliphatic carbocycles. The molecule has 5 heteroatoms. The predicted molar refractivity (Wildman–Crippen MR) is 73.3 cm³/mol. The molecule has 2 aliphatic rings. The van der Waals surface area contributed by atoms with E-state index in [-0.39, 0.29) is 11.6 Å². The number of nitrogens with one attached hydrogen (secondary N) is 1. The molecule has 0 amide bonds. The number of nitriles is 1. The highest BCUT2D eigenvalue weighted by Gasteiger charge is 2.32. The number of nitrogens with zero attached hydrogens (tertiary/aromatic N) is 1. The molecule has 2 unspecified atom stereocenters. The number of halogens is 3. The third-order valence-electron chi connectivity index (χ3n) is 4.20. The van der Waals surface area contributed by atoms with Gasteiger partial charge < -0.3 is 5.32 Å². The Kier molecular flexibility index (Phi) is 3.50. The van der Waals surface area contributed by atoms with Gasteiger partial charge in [-0.2, -0.15) is 18.4 Å². The second-order valence-electron chi connectivity index (χ2n) is 5.67. The number of hydrogen-bond donors (Lipinski definition) is 1. The van der Waals surface area contributed by atoms with E-state index in [1.165, 1.54) is 12.5 Å². The van der Waals surface area contributed by atoms with E-state index in [2.05, 4.69) is 11.4 Å². The molecule has 3 rings (SSSR count). The maximum atomic E-state index is 12.7. The van der Waals surface area contributed by atoms with Gasteiger partial charge in [0.05, 0.1) is 17.2 Å². The van der Waals surface area contributed by atoms with Gasteiger partial charge in [-0.25, -0.2) is 0 Å². The zero-order chi connectivity index (χ0) is 15.0. The molecule has 1 N–H and O–H groups in total. The smallest absolute Gasteiger partial charge is 0.307 e. The van der Waals surface area contributed by atoms with Crippen LogP contribution in [0.2, 0.25) is 0 Å². The summed E-state index contributed by atoms with van der Waals surface area (Å²) in [5, 5.41) is 12.7. The molecular formula is C16H15F3N2. The lowest BCUT2D eigenvalue weighted by Crippen LogP contribution is -2.44. The number of piperidine rings is 1. The fraction of sp³-hybridized carbons (Fsp3) is 0.438. The van der Waals surface area contributed by atoms with E-state index in [9.17, 15) is 18.4 Å². The van der Waals surface area contributed by atoms with Crippen LogP contribution in [0, 0.1) is 11.3 Å². The molecule has 1 aromatic carbocycles. The second kappa shape index (κ2) is 5.19. The number of alkyl halides is 3. The number of benzene rings is 1. The Labute approximate surface area is 121 Å². The SMILES string of the molecule is N#Cc1cc(C(F)(F)F)ccc1C1=CC2CCCC(C1)N2. The van der Waals surface area contributed by atoms with Crippen LogP contribution in [0.1, 0.15) is 42.4 Å². The fourth-order valence-corrected chi connectivity index (χ4v) is 3.22. The van der Waals surface area contributed by atoms with E-state index < -0.39 is 11.7 Å². The summed E-state index contributed by atoms with van der Waals surface area (Å²) in [5.41, 5.74) is 0.978. The molecule has 2 nitrogen and oxygen atoms in total. The predicted octanol–water partition coefficient (Wildman–Crippen LogP) is 3.87. The Morgan fingerprint density at radius 1 is 1.24 bits per heavy atom. The molecule has 0 aromatic heterocycles. The Hall–Kier alpha value is -1.80. The van der Waals surface area contributed by atoms with Crippen LogP contribution < -0.4 is 5.32 Å². The summed E-state index contributed by atoms with van der Waals surface area (Å²) in [4.78, 5) is 0. The van der Waals surface area contributed by atoms with Gasteiger partial charge in [0.2, 0.25) is 0 Å². The average molecular weight is 292 g/mol. The molecule has 0 radical (unpaired) electrons. The summed E-state index contributed by atoms with van der Waals surface area (Å²) >= 11 is 0. The van der Waals surface area contributed by atoms with Crippen LogP contribution in [0.5, 0.6) is 0 Å². The first-order chi connectivity index (χ1) is 9.97. The van der Waals surface area contributed by atoms with Crippen molar-refractivity contribution < 1.29 is 13.2 Å². The van der Waals surface area contributed by atoms with Crippen molar-refractivity contribution in [2.45, 2.75) is 43.9 Å². The summed E-state index contributed by atoms with van der Waals surface area (Å²) in [7, 11) is 0. The molecule has 0 saturated carbocycles. The topological polar surface area (TPSA) is 35.8 Å². The highest BCUT2D eigenvalue weighted by atomic mass is 19.4. The molecule has 2 atom stereocenters. The van der Waals surface area contributed by atoms with Gasteiger partial charge in [-0.1, -0.05) is 18.6 Å². The van der Waals surface area contributed by atoms with E-state index >= 15 is 0 Å². The third-order valence-corrected chi connectivity index (χ3v) is 4.20. The lowest BCUT2D eigenvalue weighted by atomic mass is 9.83. The molecule has 2 bridgehead atoms. The van der Waals surface area contributed by atoms with Crippen molar-refractivity contribution in [3.63, 3.8) is 0 Å². The maximum absolute atomic E-state index is 12.7. The average Bonchev–Trinajstić information content (AvgIpc) is 2.45. The lowest BCUT2D eigenvalue weighted by Gasteiger charge is -2.35. The largest absolute Gasteiger partial charge is 0.416 e. The Balaban J connectivity index is 1.99. The Bertz CT molecular complexity index is 625. The minimum absolute atomic E-state index is 0.107. The maximum Gasteiger partial charge on any atom is 0.416 e. The van der Waals surface area contributed by atoms with Crippen LogP contribution in [0.3, 0.4) is 0 Å². The molecule has 110 valence electrons. The van der Waals surface area contributed by atoms with Crippen LogP contribution in [0.4, 0.5) is 13.2 Å².